The molecule has 0 fully saturated rings. The minimum Gasteiger partial charge on any atom is -0.352 e. The molecule has 0 radical (unpaired) electrons. The lowest BCUT2D eigenvalue weighted by atomic mass is 10.1. The van der Waals surface area contributed by atoms with Gasteiger partial charge in [-0.15, -0.1) is 11.3 Å². The number of aryl methyl sites for hydroxylation is 1. The molecule has 0 aliphatic heterocycles. The van der Waals surface area contributed by atoms with Crippen LogP contribution in [0, 0.1) is 12.7 Å². The Bertz CT molecular complexity index is 916. The fraction of sp³-hybridized carbons (Fsp3) is 0.143. The highest BCUT2D eigenvalue weighted by atomic mass is 32.1. The lowest BCUT2D eigenvalue weighted by molar-refractivity contribution is -0.116. The van der Waals surface area contributed by atoms with E-state index in [2.05, 4.69) is 10.3 Å². The van der Waals surface area contributed by atoms with Gasteiger partial charge >= 0.3 is 0 Å². The molecule has 5 heteroatoms. The second kappa shape index (κ2) is 8.54. The average molecular weight is 366 g/mol. The number of carbonyl (C=O) groups is 1. The second-order valence-corrected chi connectivity index (χ2v) is 6.91. The molecule has 0 saturated carbocycles. The third-order valence-electron chi connectivity index (χ3n) is 3.90. The summed E-state index contributed by atoms with van der Waals surface area (Å²) in [5.74, 6) is -0.574. The molecular formula is C21H19FN2OS. The summed E-state index contributed by atoms with van der Waals surface area (Å²) in [5.41, 5.74) is 3.62. The number of nitrogens with one attached hydrogen (secondary N) is 1. The van der Waals surface area contributed by atoms with E-state index >= 15 is 0 Å². The van der Waals surface area contributed by atoms with Gasteiger partial charge in [-0.3, -0.25) is 4.79 Å². The van der Waals surface area contributed by atoms with Crippen molar-refractivity contribution in [1.29, 1.82) is 0 Å². The number of rotatable bonds is 6. The van der Waals surface area contributed by atoms with Gasteiger partial charge in [0.1, 0.15) is 5.82 Å². The molecule has 0 aliphatic carbocycles. The van der Waals surface area contributed by atoms with Gasteiger partial charge in [-0.25, -0.2) is 9.37 Å². The summed E-state index contributed by atoms with van der Waals surface area (Å²) >= 11 is 1.64. The number of halogens is 1. The van der Waals surface area contributed by atoms with Gasteiger partial charge in [0.05, 0.1) is 10.7 Å². The molecule has 132 valence electrons. The third kappa shape index (κ3) is 4.86. The second-order valence-electron chi connectivity index (χ2n) is 5.84. The molecular weight excluding hydrogens is 347 g/mol. The van der Waals surface area contributed by atoms with Crippen LogP contribution in [0.1, 0.15) is 16.1 Å². The van der Waals surface area contributed by atoms with Crippen LogP contribution < -0.4 is 5.32 Å². The molecule has 3 nitrogen and oxygen atoms in total. The van der Waals surface area contributed by atoms with E-state index in [4.69, 9.17) is 0 Å². The van der Waals surface area contributed by atoms with Gasteiger partial charge in [0.25, 0.3) is 0 Å². The molecule has 0 bridgehead atoms. The maximum Gasteiger partial charge on any atom is 0.244 e. The molecule has 1 heterocycles. The van der Waals surface area contributed by atoms with E-state index in [1.807, 2.05) is 36.6 Å². The largest absolute Gasteiger partial charge is 0.352 e. The van der Waals surface area contributed by atoms with Crippen LogP contribution in [-0.2, 0) is 11.2 Å². The summed E-state index contributed by atoms with van der Waals surface area (Å²) < 4.78 is 13.5. The third-order valence-corrected chi connectivity index (χ3v) is 4.67. The molecule has 0 spiro atoms. The van der Waals surface area contributed by atoms with Crippen LogP contribution in [0.15, 0.2) is 60.0 Å². The van der Waals surface area contributed by atoms with Crippen LogP contribution in [0.2, 0.25) is 0 Å². The maximum atomic E-state index is 13.5. The standard InChI is InChI=1S/C21H19FN2OS/c1-15-24-20(14-26-15)18-8-6-16(7-9-18)12-13-23-21(25)11-10-17-4-2-3-5-19(17)22/h2-11,14H,12-13H2,1H3,(H,23,25)/b11-10+. The highest BCUT2D eigenvalue weighted by Gasteiger charge is 2.03. The van der Waals surface area contributed by atoms with Gasteiger partial charge in [0, 0.05) is 29.1 Å². The molecule has 1 aromatic heterocycles. The SMILES string of the molecule is Cc1nc(-c2ccc(CCNC(=O)/C=C/c3ccccc3F)cc2)cs1. The van der Waals surface area contributed by atoms with Crippen LogP contribution in [-0.4, -0.2) is 17.4 Å². The number of benzene rings is 2. The number of aromatic nitrogens is 1. The Balaban J connectivity index is 1.48. The highest BCUT2D eigenvalue weighted by molar-refractivity contribution is 7.09. The van der Waals surface area contributed by atoms with Crippen LogP contribution in [0.25, 0.3) is 17.3 Å². The van der Waals surface area contributed by atoms with Crippen LogP contribution in [0.3, 0.4) is 0 Å². The number of hydrogen-bond acceptors (Lipinski definition) is 3. The van der Waals surface area contributed by atoms with Crippen molar-refractivity contribution < 1.29 is 9.18 Å². The summed E-state index contributed by atoms with van der Waals surface area (Å²) in [6.07, 6.45) is 3.57. The number of nitrogens with zero attached hydrogens (tertiary/aromatic N) is 1. The Morgan fingerprint density at radius 3 is 2.65 bits per heavy atom. The van der Waals surface area contributed by atoms with E-state index in [0.717, 1.165) is 28.2 Å². The normalized spacial score (nSPS) is 11.0. The molecule has 26 heavy (non-hydrogen) atoms. The molecule has 0 saturated heterocycles. The average Bonchev–Trinajstić information content (AvgIpc) is 3.08. The zero-order chi connectivity index (χ0) is 18.4. The fourth-order valence-electron chi connectivity index (χ4n) is 2.50. The molecule has 0 unspecified atom stereocenters. The Labute approximate surface area is 156 Å². The van der Waals surface area contributed by atoms with Crippen molar-refractivity contribution in [2.75, 3.05) is 6.54 Å². The summed E-state index contributed by atoms with van der Waals surface area (Å²) in [5, 5.41) is 5.91. The van der Waals surface area contributed by atoms with Crippen molar-refractivity contribution in [3.63, 3.8) is 0 Å². The van der Waals surface area contributed by atoms with Crippen molar-refractivity contribution in [2.45, 2.75) is 13.3 Å². The van der Waals surface area contributed by atoms with Crippen molar-refractivity contribution in [3.05, 3.63) is 81.9 Å². The summed E-state index contributed by atoms with van der Waals surface area (Å²) in [6.45, 7) is 2.52. The molecule has 1 amide bonds. The minimum absolute atomic E-state index is 0.233. The van der Waals surface area contributed by atoms with E-state index in [9.17, 15) is 9.18 Å². The molecule has 3 rings (SSSR count). The molecule has 3 aromatic rings. The van der Waals surface area contributed by atoms with Gasteiger partial charge < -0.3 is 5.32 Å². The van der Waals surface area contributed by atoms with E-state index in [0.29, 0.717) is 12.1 Å². The zero-order valence-electron chi connectivity index (χ0n) is 14.4. The van der Waals surface area contributed by atoms with Gasteiger partial charge in [-0.05, 0) is 31.1 Å². The lowest BCUT2D eigenvalue weighted by Gasteiger charge is -2.04. The topological polar surface area (TPSA) is 42.0 Å². The monoisotopic (exact) mass is 366 g/mol. The molecule has 1 N–H and O–H groups in total. The summed E-state index contributed by atoms with van der Waals surface area (Å²) in [7, 11) is 0. The first-order chi connectivity index (χ1) is 12.6. The van der Waals surface area contributed by atoms with Gasteiger partial charge in [-0.2, -0.15) is 0 Å². The molecule has 2 aromatic carbocycles. The quantitative estimate of drug-likeness (QED) is 0.646. The van der Waals surface area contributed by atoms with Gasteiger partial charge in [0.15, 0.2) is 0 Å². The zero-order valence-corrected chi connectivity index (χ0v) is 15.2. The fourth-order valence-corrected chi connectivity index (χ4v) is 3.12. The number of hydrogen-bond donors (Lipinski definition) is 1. The molecule has 0 atom stereocenters. The van der Waals surface area contributed by atoms with Crippen molar-refractivity contribution in [3.8, 4) is 11.3 Å². The van der Waals surface area contributed by atoms with E-state index < -0.39 is 0 Å². The van der Waals surface area contributed by atoms with E-state index in [1.54, 1.807) is 29.5 Å². The first kappa shape index (κ1) is 18.0. The number of amides is 1. The molecule has 0 aliphatic rings. The predicted octanol–water partition coefficient (Wildman–Crippen LogP) is 4.63. The minimum atomic E-state index is -0.341. The smallest absolute Gasteiger partial charge is 0.244 e. The van der Waals surface area contributed by atoms with Crippen LogP contribution in [0.5, 0.6) is 0 Å². The van der Waals surface area contributed by atoms with Crippen molar-refractivity contribution >= 4 is 23.3 Å². The van der Waals surface area contributed by atoms with Gasteiger partial charge in [0.2, 0.25) is 5.91 Å². The van der Waals surface area contributed by atoms with E-state index in [-0.39, 0.29) is 11.7 Å². The maximum absolute atomic E-state index is 13.5. The van der Waals surface area contributed by atoms with Crippen molar-refractivity contribution in [1.82, 2.24) is 10.3 Å². The van der Waals surface area contributed by atoms with Crippen LogP contribution >= 0.6 is 11.3 Å². The van der Waals surface area contributed by atoms with Gasteiger partial charge in [-0.1, -0.05) is 42.5 Å². The highest BCUT2D eigenvalue weighted by Crippen LogP contribution is 2.21. The number of thiazole rings is 1. The Morgan fingerprint density at radius 2 is 1.96 bits per heavy atom. The Kier molecular flexibility index (Phi) is 5.92. The Hall–Kier alpha value is -2.79. The van der Waals surface area contributed by atoms with Crippen LogP contribution in [0.4, 0.5) is 4.39 Å². The Morgan fingerprint density at radius 1 is 1.19 bits per heavy atom. The summed E-state index contributed by atoms with van der Waals surface area (Å²) in [4.78, 5) is 16.3. The first-order valence-electron chi connectivity index (χ1n) is 8.34. The lowest BCUT2D eigenvalue weighted by Crippen LogP contribution is -2.23. The van der Waals surface area contributed by atoms with E-state index in [1.165, 1.54) is 18.2 Å². The first-order valence-corrected chi connectivity index (χ1v) is 9.21. The predicted molar refractivity (Wildman–Crippen MR) is 104 cm³/mol. The number of carbonyl (C=O) groups excluding carboxylic acids is 1. The summed E-state index contributed by atoms with van der Waals surface area (Å²) in [6, 6.07) is 14.5. The van der Waals surface area contributed by atoms with Crippen molar-refractivity contribution in [2.24, 2.45) is 0 Å².